The fraction of sp³-hybridized carbons (Fsp3) is 0.545. The van der Waals surface area contributed by atoms with Gasteiger partial charge in [-0.2, -0.15) is 0 Å². The lowest BCUT2D eigenvalue weighted by atomic mass is 10.1. The lowest BCUT2D eigenvalue weighted by Gasteiger charge is -2.12. The van der Waals surface area contributed by atoms with Crippen LogP contribution in [0.25, 0.3) is 0 Å². The maximum absolute atomic E-state index is 5.67. The molecule has 4 heteroatoms. The lowest BCUT2D eigenvalue weighted by molar-refractivity contribution is 0.596. The molecule has 15 heavy (non-hydrogen) atoms. The summed E-state index contributed by atoms with van der Waals surface area (Å²) in [6, 6.07) is 3.99. The fourth-order valence-corrected chi connectivity index (χ4v) is 1.80. The molecule has 0 saturated carbocycles. The minimum Gasteiger partial charge on any atom is -0.370 e. The van der Waals surface area contributed by atoms with Gasteiger partial charge >= 0.3 is 0 Å². The fourth-order valence-electron chi connectivity index (χ4n) is 1.21. The van der Waals surface area contributed by atoms with Crippen LogP contribution in [0.15, 0.2) is 16.6 Å². The Morgan fingerprint density at radius 3 is 2.87 bits per heavy atom. The summed E-state index contributed by atoms with van der Waals surface area (Å²) in [4.78, 5) is 4.41. The Morgan fingerprint density at radius 1 is 1.53 bits per heavy atom. The zero-order valence-corrected chi connectivity index (χ0v) is 11.4. The van der Waals surface area contributed by atoms with E-state index in [4.69, 9.17) is 11.6 Å². The molecular weight excluding hydrogens is 275 g/mol. The van der Waals surface area contributed by atoms with E-state index >= 15 is 0 Å². The third-order valence-corrected chi connectivity index (χ3v) is 3.31. The molecule has 1 N–H and O–H groups in total. The number of alkyl halides is 1. The minimum absolute atomic E-state index is 0.577. The van der Waals surface area contributed by atoms with Crippen molar-refractivity contribution < 1.29 is 0 Å². The number of aromatic nitrogens is 1. The summed E-state index contributed by atoms with van der Waals surface area (Å²) in [6.07, 6.45) is 1.03. The van der Waals surface area contributed by atoms with Gasteiger partial charge in [-0.25, -0.2) is 4.98 Å². The SMILES string of the molecule is Cc1nc(NCC(C)CCCl)ccc1Br. The molecule has 0 bridgehead atoms. The van der Waals surface area contributed by atoms with Gasteiger partial charge in [0.25, 0.3) is 0 Å². The Morgan fingerprint density at radius 2 is 2.27 bits per heavy atom. The molecule has 1 unspecified atom stereocenters. The maximum Gasteiger partial charge on any atom is 0.126 e. The van der Waals surface area contributed by atoms with E-state index in [0.29, 0.717) is 5.92 Å². The van der Waals surface area contributed by atoms with Gasteiger partial charge in [0, 0.05) is 16.9 Å². The molecule has 1 atom stereocenters. The largest absolute Gasteiger partial charge is 0.370 e. The topological polar surface area (TPSA) is 24.9 Å². The van der Waals surface area contributed by atoms with Gasteiger partial charge in [-0.3, -0.25) is 0 Å². The van der Waals surface area contributed by atoms with Crippen molar-refractivity contribution in [1.82, 2.24) is 4.98 Å². The Bertz CT molecular complexity index is 317. The number of halogens is 2. The van der Waals surface area contributed by atoms with E-state index in [9.17, 15) is 0 Å². The van der Waals surface area contributed by atoms with Crippen LogP contribution in [0.1, 0.15) is 19.0 Å². The molecule has 0 aliphatic carbocycles. The summed E-state index contributed by atoms with van der Waals surface area (Å²) >= 11 is 9.10. The number of nitrogens with one attached hydrogen (secondary N) is 1. The number of rotatable bonds is 5. The molecule has 1 aromatic rings. The standard InChI is InChI=1S/C11H16BrClN2/c1-8(5-6-13)7-14-11-4-3-10(12)9(2)15-11/h3-4,8H,5-7H2,1-2H3,(H,14,15). The highest BCUT2D eigenvalue weighted by Gasteiger charge is 2.02. The molecule has 0 aliphatic rings. The van der Waals surface area contributed by atoms with Crippen LogP contribution in [0.5, 0.6) is 0 Å². The molecule has 0 aliphatic heterocycles. The van der Waals surface area contributed by atoms with Gasteiger partial charge in [-0.1, -0.05) is 6.92 Å². The van der Waals surface area contributed by atoms with Crippen molar-refractivity contribution in [2.75, 3.05) is 17.7 Å². The van der Waals surface area contributed by atoms with Gasteiger partial charge in [-0.15, -0.1) is 11.6 Å². The lowest BCUT2D eigenvalue weighted by Crippen LogP contribution is -2.12. The first-order chi connectivity index (χ1) is 7.13. The van der Waals surface area contributed by atoms with E-state index in [0.717, 1.165) is 34.8 Å². The number of anilines is 1. The van der Waals surface area contributed by atoms with Crippen LogP contribution in [-0.4, -0.2) is 17.4 Å². The molecule has 0 fully saturated rings. The molecule has 2 nitrogen and oxygen atoms in total. The van der Waals surface area contributed by atoms with Gasteiger partial charge in [0.1, 0.15) is 5.82 Å². The van der Waals surface area contributed by atoms with Gasteiger partial charge in [0.15, 0.2) is 0 Å². The number of pyridine rings is 1. The Labute approximate surface area is 105 Å². The number of aryl methyl sites for hydroxylation is 1. The third-order valence-electron chi connectivity index (χ3n) is 2.25. The van der Waals surface area contributed by atoms with Gasteiger partial charge in [0.2, 0.25) is 0 Å². The molecule has 0 spiro atoms. The van der Waals surface area contributed by atoms with Crippen molar-refractivity contribution in [2.24, 2.45) is 5.92 Å². The molecule has 84 valence electrons. The highest BCUT2D eigenvalue weighted by molar-refractivity contribution is 9.10. The van der Waals surface area contributed by atoms with Crippen LogP contribution < -0.4 is 5.32 Å². The number of hydrogen-bond donors (Lipinski definition) is 1. The van der Waals surface area contributed by atoms with Crippen LogP contribution in [-0.2, 0) is 0 Å². The molecule has 0 amide bonds. The first-order valence-electron chi connectivity index (χ1n) is 5.06. The third kappa shape index (κ3) is 4.39. The van der Waals surface area contributed by atoms with Crippen LogP contribution in [0, 0.1) is 12.8 Å². The summed E-state index contributed by atoms with van der Waals surface area (Å²) in [5.74, 6) is 2.22. The van der Waals surface area contributed by atoms with Crippen LogP contribution >= 0.6 is 27.5 Å². The zero-order valence-electron chi connectivity index (χ0n) is 9.06. The highest BCUT2D eigenvalue weighted by Crippen LogP contribution is 2.16. The van der Waals surface area contributed by atoms with Crippen molar-refractivity contribution in [2.45, 2.75) is 20.3 Å². The molecular formula is C11H16BrClN2. The van der Waals surface area contributed by atoms with E-state index in [-0.39, 0.29) is 0 Å². The second kappa shape index (κ2) is 6.33. The monoisotopic (exact) mass is 290 g/mol. The molecule has 1 heterocycles. The average molecular weight is 292 g/mol. The normalized spacial score (nSPS) is 12.5. The predicted molar refractivity (Wildman–Crippen MR) is 69.7 cm³/mol. The van der Waals surface area contributed by atoms with E-state index in [1.807, 2.05) is 19.1 Å². The van der Waals surface area contributed by atoms with E-state index in [2.05, 4.69) is 33.2 Å². The molecule has 0 aromatic carbocycles. The van der Waals surface area contributed by atoms with Crippen molar-refractivity contribution >= 4 is 33.3 Å². The van der Waals surface area contributed by atoms with Crippen molar-refractivity contribution in [3.8, 4) is 0 Å². The van der Waals surface area contributed by atoms with Crippen LogP contribution in [0.3, 0.4) is 0 Å². The molecule has 1 rings (SSSR count). The van der Waals surface area contributed by atoms with Gasteiger partial charge in [-0.05, 0) is 47.3 Å². The van der Waals surface area contributed by atoms with E-state index < -0.39 is 0 Å². The molecule has 1 aromatic heterocycles. The summed E-state index contributed by atoms with van der Waals surface area (Å²) in [7, 11) is 0. The first-order valence-corrected chi connectivity index (χ1v) is 6.39. The summed E-state index contributed by atoms with van der Waals surface area (Å²) in [5, 5.41) is 3.31. The predicted octanol–water partition coefficient (Wildman–Crippen LogP) is 3.83. The van der Waals surface area contributed by atoms with Crippen molar-refractivity contribution in [3.63, 3.8) is 0 Å². The van der Waals surface area contributed by atoms with Crippen LogP contribution in [0.2, 0.25) is 0 Å². The highest BCUT2D eigenvalue weighted by atomic mass is 79.9. The van der Waals surface area contributed by atoms with Crippen LogP contribution in [0.4, 0.5) is 5.82 Å². The number of nitrogens with zero attached hydrogens (tertiary/aromatic N) is 1. The second-order valence-electron chi connectivity index (χ2n) is 3.73. The molecule has 0 radical (unpaired) electrons. The Kier molecular flexibility index (Phi) is 5.40. The summed E-state index contributed by atoms with van der Waals surface area (Å²) in [6.45, 7) is 5.08. The minimum atomic E-state index is 0.577. The van der Waals surface area contributed by atoms with Crippen molar-refractivity contribution in [1.29, 1.82) is 0 Å². The average Bonchev–Trinajstić information content (AvgIpc) is 2.20. The maximum atomic E-state index is 5.67. The Balaban J connectivity index is 2.47. The van der Waals surface area contributed by atoms with E-state index in [1.54, 1.807) is 0 Å². The summed E-state index contributed by atoms with van der Waals surface area (Å²) in [5.41, 5.74) is 1.00. The summed E-state index contributed by atoms with van der Waals surface area (Å²) < 4.78 is 1.04. The molecule has 0 saturated heterocycles. The first kappa shape index (κ1) is 12.8. The Hall–Kier alpha value is -0.280. The zero-order chi connectivity index (χ0) is 11.3. The second-order valence-corrected chi connectivity index (χ2v) is 4.96. The van der Waals surface area contributed by atoms with E-state index in [1.165, 1.54) is 0 Å². The van der Waals surface area contributed by atoms with Gasteiger partial charge < -0.3 is 5.32 Å². The van der Waals surface area contributed by atoms with Crippen molar-refractivity contribution in [3.05, 3.63) is 22.3 Å². The number of hydrogen-bond acceptors (Lipinski definition) is 2. The van der Waals surface area contributed by atoms with Gasteiger partial charge in [0.05, 0.1) is 5.69 Å². The smallest absolute Gasteiger partial charge is 0.126 e. The quantitative estimate of drug-likeness (QED) is 0.834.